The van der Waals surface area contributed by atoms with Crippen LogP contribution in [-0.2, 0) is 0 Å². The predicted molar refractivity (Wildman–Crippen MR) is 115 cm³/mol. The summed E-state index contributed by atoms with van der Waals surface area (Å²) in [5.41, 5.74) is 3.04. The Hall–Kier alpha value is -3.59. The molecule has 0 saturated heterocycles. The zero-order valence-corrected chi connectivity index (χ0v) is 17.8. The number of hydrogen-bond acceptors (Lipinski definition) is 6. The van der Waals surface area contributed by atoms with Gasteiger partial charge in [0, 0.05) is 34.3 Å². The molecule has 0 bridgehead atoms. The van der Waals surface area contributed by atoms with Crippen LogP contribution in [-0.4, -0.2) is 30.4 Å². The first-order chi connectivity index (χ1) is 14.5. The quantitative estimate of drug-likeness (QED) is 0.467. The van der Waals surface area contributed by atoms with Crippen LogP contribution in [0.15, 0.2) is 65.9 Å². The van der Waals surface area contributed by atoms with Gasteiger partial charge in [-0.3, -0.25) is 14.3 Å². The molecule has 0 spiro atoms. The average molecular weight is 465 g/mol. The normalized spacial score (nSPS) is 10.6. The molecule has 1 aromatic carbocycles. The number of rotatable bonds is 5. The first-order valence-corrected chi connectivity index (χ1v) is 9.81. The number of nitrogens with one attached hydrogen (secondary N) is 1. The monoisotopic (exact) mass is 464 g/mol. The summed E-state index contributed by atoms with van der Waals surface area (Å²) >= 11 is 3.31. The van der Waals surface area contributed by atoms with Gasteiger partial charge in [0.15, 0.2) is 0 Å². The van der Waals surface area contributed by atoms with Crippen LogP contribution in [0.5, 0.6) is 11.6 Å². The molecule has 150 valence electrons. The molecule has 30 heavy (non-hydrogen) atoms. The van der Waals surface area contributed by atoms with Crippen LogP contribution in [0, 0.1) is 13.8 Å². The topological polar surface area (TPSA) is 94.8 Å². The molecule has 0 aliphatic heterocycles. The van der Waals surface area contributed by atoms with E-state index in [9.17, 15) is 4.79 Å². The molecule has 1 N–H and O–H groups in total. The first kappa shape index (κ1) is 19.7. The number of anilines is 1. The minimum absolute atomic E-state index is 0.246. The highest BCUT2D eigenvalue weighted by Gasteiger charge is 2.09. The fourth-order valence-electron chi connectivity index (χ4n) is 2.71. The van der Waals surface area contributed by atoms with Crippen molar-refractivity contribution in [1.29, 1.82) is 0 Å². The van der Waals surface area contributed by atoms with Crippen LogP contribution in [0.4, 0.5) is 5.69 Å². The van der Waals surface area contributed by atoms with Gasteiger partial charge in [0.2, 0.25) is 5.88 Å². The largest absolute Gasteiger partial charge is 0.439 e. The van der Waals surface area contributed by atoms with E-state index in [1.165, 1.54) is 12.5 Å². The molecule has 1 amide bonds. The van der Waals surface area contributed by atoms with E-state index in [1.54, 1.807) is 48.9 Å². The molecule has 0 radical (unpaired) electrons. The Morgan fingerprint density at radius 1 is 1.07 bits per heavy atom. The number of ether oxygens (including phenoxy) is 1. The van der Waals surface area contributed by atoms with E-state index >= 15 is 0 Å². The van der Waals surface area contributed by atoms with Crippen LogP contribution in [0.25, 0.3) is 5.82 Å². The summed E-state index contributed by atoms with van der Waals surface area (Å²) in [4.78, 5) is 29.1. The van der Waals surface area contributed by atoms with E-state index in [4.69, 9.17) is 4.74 Å². The van der Waals surface area contributed by atoms with Gasteiger partial charge < -0.3 is 10.1 Å². The Bertz CT molecular complexity index is 1210. The van der Waals surface area contributed by atoms with Crippen molar-refractivity contribution in [2.45, 2.75) is 13.8 Å². The molecule has 0 aliphatic rings. The second kappa shape index (κ2) is 8.42. The lowest BCUT2D eigenvalue weighted by atomic mass is 10.2. The van der Waals surface area contributed by atoms with Crippen molar-refractivity contribution < 1.29 is 9.53 Å². The van der Waals surface area contributed by atoms with Crippen molar-refractivity contribution in [2.24, 2.45) is 0 Å². The second-order valence-corrected chi connectivity index (χ2v) is 7.39. The van der Waals surface area contributed by atoms with E-state index in [0.717, 1.165) is 15.9 Å². The molecule has 0 aliphatic carbocycles. The van der Waals surface area contributed by atoms with Gasteiger partial charge in [0.05, 0.1) is 11.3 Å². The lowest BCUT2D eigenvalue weighted by molar-refractivity contribution is 0.102. The molecular weight excluding hydrogens is 448 g/mol. The number of aryl methyl sites for hydroxylation is 1. The fourth-order valence-corrected chi connectivity index (χ4v) is 3.08. The number of aromatic nitrogens is 5. The van der Waals surface area contributed by atoms with Gasteiger partial charge in [0.25, 0.3) is 5.91 Å². The number of hydrogen-bond donors (Lipinski definition) is 1. The van der Waals surface area contributed by atoms with Crippen LogP contribution in [0.3, 0.4) is 0 Å². The summed E-state index contributed by atoms with van der Waals surface area (Å²) < 4.78 is 8.45. The van der Waals surface area contributed by atoms with Crippen LogP contribution >= 0.6 is 15.9 Å². The molecule has 0 saturated carbocycles. The van der Waals surface area contributed by atoms with E-state index in [2.05, 4.69) is 41.2 Å². The highest BCUT2D eigenvalue weighted by molar-refractivity contribution is 9.10. The van der Waals surface area contributed by atoms with E-state index in [1.807, 2.05) is 18.4 Å². The van der Waals surface area contributed by atoms with Crippen molar-refractivity contribution in [3.8, 4) is 17.4 Å². The zero-order chi connectivity index (χ0) is 21.1. The maximum atomic E-state index is 12.3. The summed E-state index contributed by atoms with van der Waals surface area (Å²) in [6.07, 6.45) is 6.29. The van der Waals surface area contributed by atoms with Crippen molar-refractivity contribution in [3.05, 3.63) is 82.9 Å². The van der Waals surface area contributed by atoms with Gasteiger partial charge in [0.1, 0.15) is 24.2 Å². The number of carbonyl (C=O) groups is 1. The number of carbonyl (C=O) groups excluding carboxylic acids is 1. The van der Waals surface area contributed by atoms with Gasteiger partial charge in [-0.05, 0) is 60.1 Å². The molecular formula is C21H17BrN6O2. The number of amides is 1. The lowest BCUT2D eigenvalue weighted by Crippen LogP contribution is -2.12. The van der Waals surface area contributed by atoms with Gasteiger partial charge >= 0.3 is 0 Å². The zero-order valence-electron chi connectivity index (χ0n) is 16.2. The van der Waals surface area contributed by atoms with Gasteiger partial charge in [-0.15, -0.1) is 0 Å². The Labute approximate surface area is 181 Å². The van der Waals surface area contributed by atoms with Crippen LogP contribution in [0.1, 0.15) is 21.7 Å². The molecule has 3 aromatic heterocycles. The molecule has 0 fully saturated rings. The fraction of sp³-hybridized carbons (Fsp3) is 0.0952. The molecule has 4 rings (SSSR count). The summed E-state index contributed by atoms with van der Waals surface area (Å²) in [5.74, 6) is 1.41. The van der Waals surface area contributed by atoms with Crippen LogP contribution in [0.2, 0.25) is 0 Å². The average Bonchev–Trinajstić information content (AvgIpc) is 3.08. The van der Waals surface area contributed by atoms with Crippen molar-refractivity contribution >= 4 is 27.5 Å². The molecule has 0 atom stereocenters. The molecule has 8 nitrogen and oxygen atoms in total. The standard InChI is InChI=1S/C21H17BrN6O2/c1-13-14(2)28(12-26-13)19-8-20(25-11-24-19)30-18-5-3-17(4-6-18)27-21(29)15-7-16(22)10-23-9-15/h3-12H,1-2H3,(H,27,29). The third-order valence-electron chi connectivity index (χ3n) is 4.43. The highest BCUT2D eigenvalue weighted by atomic mass is 79.9. The first-order valence-electron chi connectivity index (χ1n) is 9.02. The summed E-state index contributed by atoms with van der Waals surface area (Å²) in [6, 6.07) is 10.5. The van der Waals surface area contributed by atoms with E-state index < -0.39 is 0 Å². The number of halogens is 1. The highest BCUT2D eigenvalue weighted by Crippen LogP contribution is 2.23. The maximum absolute atomic E-state index is 12.3. The minimum atomic E-state index is -0.246. The van der Waals surface area contributed by atoms with Crippen LogP contribution < -0.4 is 10.1 Å². The minimum Gasteiger partial charge on any atom is -0.439 e. The third-order valence-corrected chi connectivity index (χ3v) is 4.86. The van der Waals surface area contributed by atoms with Gasteiger partial charge in [-0.1, -0.05) is 0 Å². The number of pyridine rings is 1. The predicted octanol–water partition coefficient (Wildman–Crippen LogP) is 4.48. The molecule has 9 heteroatoms. The Kier molecular flexibility index (Phi) is 5.53. The lowest BCUT2D eigenvalue weighted by Gasteiger charge is -2.09. The second-order valence-electron chi connectivity index (χ2n) is 6.47. The van der Waals surface area contributed by atoms with Crippen molar-refractivity contribution in [2.75, 3.05) is 5.32 Å². The summed E-state index contributed by atoms with van der Waals surface area (Å²) in [5, 5.41) is 2.82. The number of benzene rings is 1. The molecule has 0 unspecified atom stereocenters. The summed E-state index contributed by atoms with van der Waals surface area (Å²) in [7, 11) is 0. The third kappa shape index (κ3) is 4.36. The smallest absolute Gasteiger partial charge is 0.257 e. The SMILES string of the molecule is Cc1ncn(-c2cc(Oc3ccc(NC(=O)c4cncc(Br)c4)cc3)ncn2)c1C. The van der Waals surface area contributed by atoms with Crippen molar-refractivity contribution in [3.63, 3.8) is 0 Å². The van der Waals surface area contributed by atoms with Gasteiger partial charge in [-0.25, -0.2) is 15.0 Å². The Balaban J connectivity index is 1.46. The summed E-state index contributed by atoms with van der Waals surface area (Å²) in [6.45, 7) is 3.92. The van der Waals surface area contributed by atoms with Gasteiger partial charge in [-0.2, -0.15) is 0 Å². The van der Waals surface area contributed by atoms with Crippen molar-refractivity contribution in [1.82, 2.24) is 24.5 Å². The maximum Gasteiger partial charge on any atom is 0.257 e. The van der Waals surface area contributed by atoms with E-state index in [-0.39, 0.29) is 5.91 Å². The Morgan fingerprint density at radius 2 is 1.87 bits per heavy atom. The number of nitrogens with zero attached hydrogens (tertiary/aromatic N) is 5. The van der Waals surface area contributed by atoms with E-state index in [0.29, 0.717) is 28.7 Å². The molecule has 4 aromatic rings. The molecule has 3 heterocycles. The Morgan fingerprint density at radius 3 is 2.57 bits per heavy atom. The number of imidazole rings is 1.